The summed E-state index contributed by atoms with van der Waals surface area (Å²) in [4.78, 5) is 0. The van der Waals surface area contributed by atoms with Gasteiger partial charge in [0.25, 0.3) is 0 Å². The number of benzene rings is 1. The van der Waals surface area contributed by atoms with E-state index in [9.17, 15) is 0 Å². The lowest BCUT2D eigenvalue weighted by Gasteiger charge is -2.30. The van der Waals surface area contributed by atoms with Crippen molar-refractivity contribution in [1.82, 2.24) is 15.2 Å². The van der Waals surface area contributed by atoms with Crippen LogP contribution in [-0.4, -0.2) is 23.0 Å². The number of nitrogens with two attached hydrogens (primary N) is 1. The molecule has 1 saturated heterocycles. The molecule has 2 heterocycles. The average Bonchev–Trinajstić information content (AvgIpc) is 2.99. The Labute approximate surface area is 118 Å². The lowest BCUT2D eigenvalue weighted by molar-refractivity contribution is 0.0527. The Balaban J connectivity index is 1.91. The van der Waals surface area contributed by atoms with E-state index in [1.165, 1.54) is 0 Å². The smallest absolute Gasteiger partial charge is 0.0663 e. The van der Waals surface area contributed by atoms with Crippen LogP contribution in [-0.2, 0) is 4.74 Å². The number of rotatable bonds is 4. The van der Waals surface area contributed by atoms with Crippen LogP contribution in [0.4, 0.5) is 0 Å². The molecule has 1 aliphatic heterocycles. The topological polar surface area (TPSA) is 65.1 Å². The fourth-order valence-electron chi connectivity index (χ4n) is 2.85. The highest BCUT2D eigenvalue weighted by Gasteiger charge is 2.27. The van der Waals surface area contributed by atoms with Crippen LogP contribution in [0.25, 0.3) is 5.69 Å². The van der Waals surface area contributed by atoms with Crippen LogP contribution in [0.2, 0.25) is 0 Å². The maximum absolute atomic E-state index is 5.81. The zero-order chi connectivity index (χ0) is 13.8. The zero-order valence-corrected chi connectivity index (χ0v) is 11.4. The molecule has 106 valence electrons. The second kappa shape index (κ2) is 6.17. The van der Waals surface area contributed by atoms with Crippen molar-refractivity contribution >= 4 is 0 Å². The molecule has 1 aromatic carbocycles. The molecule has 20 heavy (non-hydrogen) atoms. The number of hydrogen-bond acceptors (Lipinski definition) is 4. The van der Waals surface area contributed by atoms with Crippen LogP contribution < -0.4 is 11.3 Å². The summed E-state index contributed by atoms with van der Waals surface area (Å²) < 4.78 is 7.39. The molecular formula is C15H20N4O. The van der Waals surface area contributed by atoms with Gasteiger partial charge in [-0.05, 0) is 37.0 Å². The maximum Gasteiger partial charge on any atom is 0.0663 e. The van der Waals surface area contributed by atoms with E-state index in [0.29, 0.717) is 5.92 Å². The number of aromatic nitrogens is 2. The van der Waals surface area contributed by atoms with Crippen molar-refractivity contribution in [3.63, 3.8) is 0 Å². The molecule has 1 aliphatic rings. The van der Waals surface area contributed by atoms with Crippen LogP contribution in [0.5, 0.6) is 0 Å². The Hall–Kier alpha value is -1.69. The van der Waals surface area contributed by atoms with Crippen molar-refractivity contribution < 1.29 is 4.74 Å². The standard InChI is InChI=1S/C15H20N4O/c16-18-15(12-7-10-20-11-8-12)14-6-9-17-19(14)13-4-2-1-3-5-13/h1-6,9,12,15,18H,7-8,10-11,16H2. The molecule has 1 unspecified atom stereocenters. The molecule has 5 heteroatoms. The highest BCUT2D eigenvalue weighted by Crippen LogP contribution is 2.30. The molecule has 1 fully saturated rings. The number of nitrogens with one attached hydrogen (secondary N) is 1. The second-order valence-corrected chi connectivity index (χ2v) is 5.10. The van der Waals surface area contributed by atoms with Crippen LogP contribution in [0.1, 0.15) is 24.6 Å². The van der Waals surface area contributed by atoms with Gasteiger partial charge in [0.05, 0.1) is 17.4 Å². The minimum atomic E-state index is 0.0987. The Kier molecular flexibility index (Phi) is 4.11. The molecule has 5 nitrogen and oxygen atoms in total. The van der Waals surface area contributed by atoms with E-state index >= 15 is 0 Å². The predicted molar refractivity (Wildman–Crippen MR) is 77.2 cm³/mol. The molecule has 0 amide bonds. The molecule has 3 N–H and O–H groups in total. The Morgan fingerprint density at radius 3 is 2.65 bits per heavy atom. The fourth-order valence-corrected chi connectivity index (χ4v) is 2.85. The van der Waals surface area contributed by atoms with Gasteiger partial charge in [-0.15, -0.1) is 0 Å². The van der Waals surface area contributed by atoms with Crippen molar-refractivity contribution in [2.24, 2.45) is 11.8 Å². The monoisotopic (exact) mass is 272 g/mol. The third-order valence-electron chi connectivity index (χ3n) is 3.91. The summed E-state index contributed by atoms with van der Waals surface area (Å²) in [6.45, 7) is 1.62. The molecule has 1 aromatic heterocycles. The van der Waals surface area contributed by atoms with Crippen molar-refractivity contribution in [2.45, 2.75) is 18.9 Å². The summed E-state index contributed by atoms with van der Waals surface area (Å²) in [6, 6.07) is 12.3. The third-order valence-corrected chi connectivity index (χ3v) is 3.91. The van der Waals surface area contributed by atoms with Gasteiger partial charge in [0.2, 0.25) is 0 Å². The van der Waals surface area contributed by atoms with Crippen molar-refractivity contribution in [2.75, 3.05) is 13.2 Å². The maximum atomic E-state index is 5.81. The van der Waals surface area contributed by atoms with E-state index in [2.05, 4.69) is 10.5 Å². The van der Waals surface area contributed by atoms with Crippen LogP contribution in [0, 0.1) is 5.92 Å². The number of ether oxygens (including phenoxy) is 1. The van der Waals surface area contributed by atoms with Gasteiger partial charge in [-0.1, -0.05) is 18.2 Å². The van der Waals surface area contributed by atoms with E-state index in [1.807, 2.05) is 47.3 Å². The van der Waals surface area contributed by atoms with E-state index in [0.717, 1.165) is 37.4 Å². The second-order valence-electron chi connectivity index (χ2n) is 5.10. The quantitative estimate of drug-likeness (QED) is 0.658. The molecule has 3 rings (SSSR count). The van der Waals surface area contributed by atoms with Crippen LogP contribution in [0.15, 0.2) is 42.6 Å². The average molecular weight is 272 g/mol. The minimum Gasteiger partial charge on any atom is -0.381 e. The SMILES string of the molecule is NNC(c1ccnn1-c1ccccc1)C1CCOCC1. The largest absolute Gasteiger partial charge is 0.381 e. The molecule has 1 atom stereocenters. The van der Waals surface area contributed by atoms with Crippen LogP contribution in [0.3, 0.4) is 0 Å². The fraction of sp³-hybridized carbons (Fsp3) is 0.400. The molecule has 0 bridgehead atoms. The van der Waals surface area contributed by atoms with Gasteiger partial charge in [-0.2, -0.15) is 5.10 Å². The highest BCUT2D eigenvalue weighted by molar-refractivity contribution is 5.33. The number of nitrogens with zero attached hydrogens (tertiary/aromatic N) is 2. The first-order valence-electron chi connectivity index (χ1n) is 7.03. The zero-order valence-electron chi connectivity index (χ0n) is 11.4. The summed E-state index contributed by atoms with van der Waals surface area (Å²) in [5.74, 6) is 6.29. The lowest BCUT2D eigenvalue weighted by Crippen LogP contribution is -2.37. The van der Waals surface area contributed by atoms with Gasteiger partial charge in [0.15, 0.2) is 0 Å². The third kappa shape index (κ3) is 2.60. The van der Waals surface area contributed by atoms with Gasteiger partial charge in [-0.3, -0.25) is 11.3 Å². The van der Waals surface area contributed by atoms with Gasteiger partial charge in [0, 0.05) is 19.4 Å². The van der Waals surface area contributed by atoms with E-state index in [1.54, 1.807) is 0 Å². The van der Waals surface area contributed by atoms with Gasteiger partial charge in [-0.25, -0.2) is 4.68 Å². The van der Waals surface area contributed by atoms with Crippen molar-refractivity contribution in [1.29, 1.82) is 0 Å². The van der Waals surface area contributed by atoms with Gasteiger partial charge in [0.1, 0.15) is 0 Å². The summed E-state index contributed by atoms with van der Waals surface area (Å²) in [7, 11) is 0. The first kappa shape index (κ1) is 13.3. The van der Waals surface area contributed by atoms with Crippen LogP contribution >= 0.6 is 0 Å². The molecule has 0 aliphatic carbocycles. The summed E-state index contributed by atoms with van der Waals surface area (Å²) in [5.41, 5.74) is 5.13. The van der Waals surface area contributed by atoms with Crippen molar-refractivity contribution in [3.8, 4) is 5.69 Å². The lowest BCUT2D eigenvalue weighted by atomic mass is 9.90. The van der Waals surface area contributed by atoms with E-state index in [-0.39, 0.29) is 6.04 Å². The minimum absolute atomic E-state index is 0.0987. The van der Waals surface area contributed by atoms with E-state index in [4.69, 9.17) is 10.6 Å². The van der Waals surface area contributed by atoms with E-state index < -0.39 is 0 Å². The predicted octanol–water partition coefficient (Wildman–Crippen LogP) is 1.80. The first-order valence-corrected chi connectivity index (χ1v) is 7.03. The molecule has 0 spiro atoms. The Bertz CT molecular complexity index is 534. The number of hydrazine groups is 1. The highest BCUT2D eigenvalue weighted by atomic mass is 16.5. The molecular weight excluding hydrogens is 252 g/mol. The first-order chi connectivity index (χ1) is 9.90. The van der Waals surface area contributed by atoms with Crippen molar-refractivity contribution in [3.05, 3.63) is 48.3 Å². The van der Waals surface area contributed by atoms with Gasteiger partial charge < -0.3 is 4.74 Å². The summed E-state index contributed by atoms with van der Waals surface area (Å²) in [6.07, 6.45) is 3.87. The number of para-hydroxylation sites is 1. The number of hydrogen-bond donors (Lipinski definition) is 2. The normalized spacial score (nSPS) is 18.1. The molecule has 2 aromatic rings. The van der Waals surface area contributed by atoms with Gasteiger partial charge >= 0.3 is 0 Å². The summed E-state index contributed by atoms with van der Waals surface area (Å²) in [5, 5.41) is 4.44. The Morgan fingerprint density at radius 1 is 1.20 bits per heavy atom. The molecule has 0 radical (unpaired) electrons. The molecule has 0 saturated carbocycles. The Morgan fingerprint density at radius 2 is 1.95 bits per heavy atom. The summed E-state index contributed by atoms with van der Waals surface area (Å²) >= 11 is 0.